The number of nitrogens with zero attached hydrogens (tertiary/aromatic N) is 1. The van der Waals surface area contributed by atoms with Crippen LogP contribution in [0.1, 0.15) is 18.1 Å². The highest BCUT2D eigenvalue weighted by Gasteiger charge is 1.97. The maximum Gasteiger partial charge on any atom is 0.0613 e. The van der Waals surface area contributed by atoms with Crippen molar-refractivity contribution in [3.8, 4) is 0 Å². The number of aryl methyl sites for hydroxylation is 1. The van der Waals surface area contributed by atoms with Crippen molar-refractivity contribution in [3.05, 3.63) is 63.6 Å². The maximum absolute atomic E-state index is 5.92. The van der Waals surface area contributed by atoms with Crippen molar-refractivity contribution in [3.63, 3.8) is 0 Å². The topological polar surface area (TPSA) is 24.4 Å². The predicted molar refractivity (Wildman–Crippen MR) is 83.5 cm³/mol. The van der Waals surface area contributed by atoms with Crippen LogP contribution >= 0.6 is 23.2 Å². The third-order valence-electron chi connectivity index (χ3n) is 2.71. The first-order valence-electron chi connectivity index (χ1n) is 6.02. The number of hydrogen-bond acceptors (Lipinski definition) is 2. The van der Waals surface area contributed by atoms with Crippen molar-refractivity contribution in [2.24, 2.45) is 5.10 Å². The van der Waals surface area contributed by atoms with Gasteiger partial charge in [0, 0.05) is 0 Å². The van der Waals surface area contributed by atoms with Crippen molar-refractivity contribution in [2.45, 2.75) is 13.3 Å². The molecule has 2 aromatic carbocycles. The second kappa shape index (κ2) is 6.60. The first-order valence-corrected chi connectivity index (χ1v) is 6.77. The molecule has 0 fully saturated rings. The van der Waals surface area contributed by atoms with Gasteiger partial charge >= 0.3 is 0 Å². The Morgan fingerprint density at radius 3 is 2.42 bits per heavy atom. The number of anilines is 1. The second-order valence-corrected chi connectivity index (χ2v) is 4.91. The van der Waals surface area contributed by atoms with Gasteiger partial charge in [0.15, 0.2) is 0 Å². The monoisotopic (exact) mass is 292 g/mol. The number of halogens is 2. The summed E-state index contributed by atoms with van der Waals surface area (Å²) in [6.45, 7) is 2.13. The highest BCUT2D eigenvalue weighted by Crippen LogP contribution is 2.24. The highest BCUT2D eigenvalue weighted by molar-refractivity contribution is 6.42. The Morgan fingerprint density at radius 1 is 1.05 bits per heavy atom. The van der Waals surface area contributed by atoms with E-state index in [9.17, 15) is 0 Å². The van der Waals surface area contributed by atoms with Gasteiger partial charge in [-0.05, 0) is 35.7 Å². The fourth-order valence-electron chi connectivity index (χ4n) is 1.59. The summed E-state index contributed by atoms with van der Waals surface area (Å²) in [6.07, 6.45) is 2.81. The molecule has 0 aliphatic heterocycles. The summed E-state index contributed by atoms with van der Waals surface area (Å²) in [6, 6.07) is 13.6. The van der Waals surface area contributed by atoms with Gasteiger partial charge in [0.05, 0.1) is 21.9 Å². The van der Waals surface area contributed by atoms with Crippen LogP contribution in [0, 0.1) is 0 Å². The molecule has 0 amide bonds. The molecule has 0 atom stereocenters. The number of nitrogens with one attached hydrogen (secondary N) is 1. The quantitative estimate of drug-likeness (QED) is 0.622. The molecule has 0 unspecified atom stereocenters. The van der Waals surface area contributed by atoms with Crippen LogP contribution in [-0.4, -0.2) is 6.21 Å². The SMILES string of the molecule is CCc1ccc(/C=N\Nc2ccc(Cl)c(Cl)c2)cc1. The summed E-state index contributed by atoms with van der Waals surface area (Å²) >= 11 is 11.8. The minimum Gasteiger partial charge on any atom is -0.278 e. The molecule has 0 radical (unpaired) electrons. The number of hydrazone groups is 1. The molecule has 0 bridgehead atoms. The molecular weight excluding hydrogens is 279 g/mol. The molecule has 0 saturated carbocycles. The van der Waals surface area contributed by atoms with Gasteiger partial charge in [-0.2, -0.15) is 5.10 Å². The summed E-state index contributed by atoms with van der Waals surface area (Å²) in [4.78, 5) is 0. The molecule has 0 spiro atoms. The van der Waals surface area contributed by atoms with Crippen LogP contribution in [-0.2, 0) is 6.42 Å². The molecule has 1 N–H and O–H groups in total. The summed E-state index contributed by atoms with van der Waals surface area (Å²) in [5, 5.41) is 5.20. The second-order valence-electron chi connectivity index (χ2n) is 4.09. The zero-order chi connectivity index (χ0) is 13.7. The lowest BCUT2D eigenvalue weighted by Gasteiger charge is -2.02. The van der Waals surface area contributed by atoms with Gasteiger partial charge in [-0.1, -0.05) is 54.4 Å². The lowest BCUT2D eigenvalue weighted by molar-refractivity contribution is 1.14. The molecule has 0 heterocycles. The predicted octanol–water partition coefficient (Wildman–Crippen LogP) is 5.00. The molecule has 0 aliphatic carbocycles. The van der Waals surface area contributed by atoms with E-state index in [-0.39, 0.29) is 0 Å². The van der Waals surface area contributed by atoms with Crippen molar-refractivity contribution in [1.29, 1.82) is 0 Å². The standard InChI is InChI=1S/C15H14Cl2N2/c1-2-11-3-5-12(6-4-11)10-18-19-13-7-8-14(16)15(17)9-13/h3-10,19H,2H2,1H3/b18-10-. The molecule has 98 valence electrons. The number of benzene rings is 2. The minimum absolute atomic E-state index is 0.508. The van der Waals surface area contributed by atoms with Gasteiger partial charge in [-0.25, -0.2) is 0 Å². The third-order valence-corrected chi connectivity index (χ3v) is 3.45. The van der Waals surface area contributed by atoms with Crippen LogP contribution in [0.4, 0.5) is 5.69 Å². The van der Waals surface area contributed by atoms with Crippen LogP contribution < -0.4 is 5.43 Å². The van der Waals surface area contributed by atoms with E-state index in [0.29, 0.717) is 10.0 Å². The summed E-state index contributed by atoms with van der Waals surface area (Å²) in [7, 11) is 0. The molecule has 19 heavy (non-hydrogen) atoms. The molecule has 0 saturated heterocycles. The summed E-state index contributed by atoms with van der Waals surface area (Å²) in [5.41, 5.74) is 6.08. The van der Waals surface area contributed by atoms with Crippen molar-refractivity contribution in [2.75, 3.05) is 5.43 Å². The van der Waals surface area contributed by atoms with E-state index in [0.717, 1.165) is 17.7 Å². The average molecular weight is 293 g/mol. The zero-order valence-corrected chi connectivity index (χ0v) is 12.0. The zero-order valence-electron chi connectivity index (χ0n) is 10.5. The third kappa shape index (κ3) is 3.98. The Balaban J connectivity index is 2.00. The average Bonchev–Trinajstić information content (AvgIpc) is 2.43. The highest BCUT2D eigenvalue weighted by atomic mass is 35.5. The number of rotatable bonds is 4. The van der Waals surface area contributed by atoms with Crippen molar-refractivity contribution in [1.82, 2.24) is 0 Å². The van der Waals surface area contributed by atoms with Gasteiger partial charge in [-0.15, -0.1) is 0 Å². The molecule has 2 nitrogen and oxygen atoms in total. The van der Waals surface area contributed by atoms with Gasteiger partial charge in [-0.3, -0.25) is 5.43 Å². The Bertz CT molecular complexity index is 577. The van der Waals surface area contributed by atoms with Gasteiger partial charge < -0.3 is 0 Å². The Morgan fingerprint density at radius 2 is 1.79 bits per heavy atom. The first kappa shape index (κ1) is 13.9. The van der Waals surface area contributed by atoms with Crippen LogP contribution in [0.15, 0.2) is 47.6 Å². The normalized spacial score (nSPS) is 10.9. The van der Waals surface area contributed by atoms with Crippen LogP contribution in [0.3, 0.4) is 0 Å². The van der Waals surface area contributed by atoms with E-state index in [1.165, 1.54) is 5.56 Å². The fraction of sp³-hybridized carbons (Fsp3) is 0.133. The van der Waals surface area contributed by atoms with Crippen LogP contribution in [0.2, 0.25) is 10.0 Å². The van der Waals surface area contributed by atoms with E-state index < -0.39 is 0 Å². The largest absolute Gasteiger partial charge is 0.278 e. The molecular formula is C15H14Cl2N2. The lowest BCUT2D eigenvalue weighted by atomic mass is 10.1. The Labute approximate surface area is 123 Å². The fourth-order valence-corrected chi connectivity index (χ4v) is 1.88. The Kier molecular flexibility index (Phi) is 4.83. The smallest absolute Gasteiger partial charge is 0.0613 e. The summed E-state index contributed by atoms with van der Waals surface area (Å²) in [5.74, 6) is 0. The van der Waals surface area contributed by atoms with Gasteiger partial charge in [0.2, 0.25) is 0 Å². The maximum atomic E-state index is 5.92. The minimum atomic E-state index is 0.508. The lowest BCUT2D eigenvalue weighted by Crippen LogP contribution is -1.91. The summed E-state index contributed by atoms with van der Waals surface area (Å²) < 4.78 is 0. The van der Waals surface area contributed by atoms with Gasteiger partial charge in [0.25, 0.3) is 0 Å². The molecule has 2 aromatic rings. The Hall–Kier alpha value is -1.51. The van der Waals surface area contributed by atoms with Gasteiger partial charge in [0.1, 0.15) is 0 Å². The van der Waals surface area contributed by atoms with E-state index in [2.05, 4.69) is 29.6 Å². The molecule has 4 heteroatoms. The molecule has 0 aromatic heterocycles. The number of hydrogen-bond donors (Lipinski definition) is 1. The van der Waals surface area contributed by atoms with E-state index in [1.54, 1.807) is 18.3 Å². The van der Waals surface area contributed by atoms with E-state index in [4.69, 9.17) is 23.2 Å². The molecule has 2 rings (SSSR count). The molecule has 0 aliphatic rings. The van der Waals surface area contributed by atoms with Crippen molar-refractivity contribution < 1.29 is 0 Å². The first-order chi connectivity index (χ1) is 9.19. The van der Waals surface area contributed by atoms with Crippen molar-refractivity contribution >= 4 is 35.1 Å². The van der Waals surface area contributed by atoms with E-state index >= 15 is 0 Å². The van der Waals surface area contributed by atoms with E-state index in [1.807, 2.05) is 18.2 Å². The van der Waals surface area contributed by atoms with Crippen LogP contribution in [0.5, 0.6) is 0 Å². The van der Waals surface area contributed by atoms with Crippen LogP contribution in [0.25, 0.3) is 0 Å².